The van der Waals surface area contributed by atoms with Crippen molar-refractivity contribution in [3.63, 3.8) is 0 Å². The lowest BCUT2D eigenvalue weighted by atomic mass is 10.1. The summed E-state index contributed by atoms with van der Waals surface area (Å²) in [5.74, 6) is -0.315. The van der Waals surface area contributed by atoms with E-state index in [2.05, 4.69) is 26.8 Å². The molecule has 156 valence electrons. The minimum absolute atomic E-state index is 0.111. The highest BCUT2D eigenvalue weighted by atomic mass is 16.6. The van der Waals surface area contributed by atoms with Crippen molar-refractivity contribution in [3.8, 4) is 0 Å². The Morgan fingerprint density at radius 1 is 1.28 bits per heavy atom. The van der Waals surface area contributed by atoms with Crippen molar-refractivity contribution in [2.24, 2.45) is 16.6 Å². The maximum Gasteiger partial charge on any atom is 0.293 e. The largest absolute Gasteiger partial charge is 0.391 e. The van der Waals surface area contributed by atoms with Gasteiger partial charge in [0.1, 0.15) is 13.2 Å². The van der Waals surface area contributed by atoms with E-state index in [9.17, 15) is 9.59 Å². The first kappa shape index (κ1) is 21.7. The number of nitrogens with one attached hydrogen (secondary N) is 2. The monoisotopic (exact) mass is 401 g/mol. The van der Waals surface area contributed by atoms with Gasteiger partial charge in [0, 0.05) is 18.4 Å². The van der Waals surface area contributed by atoms with E-state index in [1.54, 1.807) is 13.1 Å². The number of amides is 1. The highest BCUT2D eigenvalue weighted by Gasteiger charge is 2.11. The molecule has 1 aromatic heterocycles. The third-order valence-electron chi connectivity index (χ3n) is 4.03. The van der Waals surface area contributed by atoms with Crippen LogP contribution in [0.5, 0.6) is 0 Å². The lowest BCUT2D eigenvalue weighted by molar-refractivity contribution is -0.122. The van der Waals surface area contributed by atoms with E-state index in [1.807, 2.05) is 25.1 Å². The summed E-state index contributed by atoms with van der Waals surface area (Å²) in [6.07, 6.45) is 2.32. The molecule has 1 aromatic carbocycles. The minimum atomic E-state index is -0.346. The normalized spacial score (nSPS) is 10.3. The van der Waals surface area contributed by atoms with E-state index in [-0.39, 0.29) is 42.9 Å². The summed E-state index contributed by atoms with van der Waals surface area (Å²) < 4.78 is 1.37. The van der Waals surface area contributed by atoms with Gasteiger partial charge in [-0.25, -0.2) is 4.98 Å². The van der Waals surface area contributed by atoms with Crippen LogP contribution in [0.2, 0.25) is 0 Å². The molecule has 0 fully saturated rings. The molecule has 2 aromatic rings. The van der Waals surface area contributed by atoms with Crippen molar-refractivity contribution in [1.29, 1.82) is 0 Å². The molecule has 0 aliphatic heterocycles. The summed E-state index contributed by atoms with van der Waals surface area (Å²) >= 11 is 0. The summed E-state index contributed by atoms with van der Waals surface area (Å²) in [6, 6.07) is 8.18. The molecule has 0 saturated heterocycles. The SMILES string of the molecule is Cc1cccc(CCNc2ncc(C)n(CC(=O)NCCON=C(N)N)c2=O)c1. The summed E-state index contributed by atoms with van der Waals surface area (Å²) in [4.78, 5) is 33.7. The predicted octanol–water partition coefficient (Wildman–Crippen LogP) is -0.164. The Kier molecular flexibility index (Phi) is 8.01. The molecule has 0 saturated carbocycles. The van der Waals surface area contributed by atoms with Crippen molar-refractivity contribution in [2.45, 2.75) is 26.8 Å². The van der Waals surface area contributed by atoms with Crippen LogP contribution in [-0.2, 0) is 22.6 Å². The standard InChI is InChI=1S/C19H27N7O3/c1-13-4-3-5-15(10-13)6-7-23-17-18(28)26(14(2)11-24-17)12-16(27)22-8-9-29-25-19(20)21/h3-5,10-11H,6-9,12H2,1-2H3,(H,22,27)(H,23,24)(H4,20,21,25). The van der Waals surface area contributed by atoms with E-state index >= 15 is 0 Å². The van der Waals surface area contributed by atoms with Gasteiger partial charge in [-0.15, -0.1) is 0 Å². The third kappa shape index (κ3) is 7.17. The van der Waals surface area contributed by atoms with Crippen molar-refractivity contribution < 1.29 is 9.63 Å². The molecule has 1 amide bonds. The van der Waals surface area contributed by atoms with Gasteiger partial charge in [-0.1, -0.05) is 29.8 Å². The molecule has 0 aliphatic carbocycles. The number of benzene rings is 1. The number of carbonyl (C=O) groups excluding carboxylic acids is 1. The Morgan fingerprint density at radius 3 is 2.79 bits per heavy atom. The van der Waals surface area contributed by atoms with Crippen LogP contribution in [0.15, 0.2) is 40.4 Å². The molecule has 0 bridgehead atoms. The Hall–Kier alpha value is -3.56. The fourth-order valence-corrected chi connectivity index (χ4v) is 2.64. The smallest absolute Gasteiger partial charge is 0.293 e. The number of rotatable bonds is 10. The second kappa shape index (κ2) is 10.7. The van der Waals surface area contributed by atoms with Crippen LogP contribution in [0.25, 0.3) is 0 Å². The zero-order valence-corrected chi connectivity index (χ0v) is 16.6. The molecule has 6 N–H and O–H groups in total. The summed E-state index contributed by atoms with van der Waals surface area (Å²) in [5, 5.41) is 9.04. The number of anilines is 1. The molecule has 2 rings (SSSR count). The van der Waals surface area contributed by atoms with Crippen LogP contribution >= 0.6 is 0 Å². The maximum absolute atomic E-state index is 12.7. The second-order valence-electron chi connectivity index (χ2n) is 6.50. The highest BCUT2D eigenvalue weighted by Crippen LogP contribution is 2.05. The van der Waals surface area contributed by atoms with Gasteiger partial charge < -0.3 is 26.9 Å². The van der Waals surface area contributed by atoms with Crippen LogP contribution in [0.4, 0.5) is 5.82 Å². The van der Waals surface area contributed by atoms with Crippen LogP contribution in [0.1, 0.15) is 16.8 Å². The Labute approximate surface area is 168 Å². The lowest BCUT2D eigenvalue weighted by Crippen LogP contribution is -2.36. The van der Waals surface area contributed by atoms with Crippen molar-refractivity contribution >= 4 is 17.7 Å². The van der Waals surface area contributed by atoms with Crippen molar-refractivity contribution in [2.75, 3.05) is 25.0 Å². The molecule has 0 unspecified atom stereocenters. The van der Waals surface area contributed by atoms with E-state index in [1.165, 1.54) is 15.7 Å². The second-order valence-corrected chi connectivity index (χ2v) is 6.50. The average Bonchev–Trinajstić information content (AvgIpc) is 2.66. The average molecular weight is 401 g/mol. The van der Waals surface area contributed by atoms with Gasteiger partial charge in [-0.2, -0.15) is 0 Å². The summed E-state index contributed by atoms with van der Waals surface area (Å²) in [7, 11) is 0. The molecular weight excluding hydrogens is 374 g/mol. The first-order chi connectivity index (χ1) is 13.9. The first-order valence-electron chi connectivity index (χ1n) is 9.20. The molecule has 10 heteroatoms. The van der Waals surface area contributed by atoms with Gasteiger partial charge in [-0.3, -0.25) is 14.2 Å². The molecule has 10 nitrogen and oxygen atoms in total. The number of aromatic nitrogens is 2. The van der Waals surface area contributed by atoms with E-state index in [4.69, 9.17) is 16.3 Å². The highest BCUT2D eigenvalue weighted by molar-refractivity contribution is 5.76. The van der Waals surface area contributed by atoms with E-state index in [0.717, 1.165) is 6.42 Å². The Morgan fingerprint density at radius 2 is 2.07 bits per heavy atom. The minimum Gasteiger partial charge on any atom is -0.391 e. The quantitative estimate of drug-likeness (QED) is 0.187. The molecule has 0 spiro atoms. The predicted molar refractivity (Wildman–Crippen MR) is 111 cm³/mol. The van der Waals surface area contributed by atoms with Crippen LogP contribution in [0.3, 0.4) is 0 Å². The van der Waals surface area contributed by atoms with Crippen LogP contribution in [-0.4, -0.2) is 41.1 Å². The number of nitrogens with two attached hydrogens (primary N) is 2. The fourth-order valence-electron chi connectivity index (χ4n) is 2.64. The number of hydrogen-bond acceptors (Lipinski definition) is 6. The number of oxime groups is 1. The number of carbonyl (C=O) groups is 1. The molecular formula is C19H27N7O3. The molecule has 29 heavy (non-hydrogen) atoms. The lowest BCUT2D eigenvalue weighted by Gasteiger charge is -2.12. The summed E-state index contributed by atoms with van der Waals surface area (Å²) in [6.45, 7) is 4.51. The zero-order chi connectivity index (χ0) is 21.2. The van der Waals surface area contributed by atoms with E-state index in [0.29, 0.717) is 12.2 Å². The summed E-state index contributed by atoms with van der Waals surface area (Å²) in [5.41, 5.74) is 12.9. The van der Waals surface area contributed by atoms with Gasteiger partial charge in [0.25, 0.3) is 5.56 Å². The molecule has 1 heterocycles. The van der Waals surface area contributed by atoms with E-state index < -0.39 is 0 Å². The van der Waals surface area contributed by atoms with Gasteiger partial charge in [-0.05, 0) is 31.0 Å². The van der Waals surface area contributed by atoms with Crippen LogP contribution in [0, 0.1) is 13.8 Å². The van der Waals surface area contributed by atoms with Gasteiger partial charge in [0.2, 0.25) is 11.9 Å². The van der Waals surface area contributed by atoms with Crippen LogP contribution < -0.4 is 27.7 Å². The molecule has 0 atom stereocenters. The van der Waals surface area contributed by atoms with Gasteiger partial charge in [0.05, 0.1) is 6.54 Å². The number of hydrogen-bond donors (Lipinski definition) is 4. The maximum atomic E-state index is 12.7. The van der Waals surface area contributed by atoms with Crippen molar-refractivity contribution in [3.05, 3.63) is 57.6 Å². The number of guanidine groups is 1. The Balaban J connectivity index is 1.91. The topological polar surface area (TPSA) is 150 Å². The third-order valence-corrected chi connectivity index (χ3v) is 4.03. The first-order valence-corrected chi connectivity index (χ1v) is 9.20. The molecule has 0 aliphatic rings. The number of aryl methyl sites for hydroxylation is 2. The number of nitrogens with zero attached hydrogens (tertiary/aromatic N) is 3. The Bertz CT molecular complexity index is 920. The van der Waals surface area contributed by atoms with Crippen molar-refractivity contribution in [1.82, 2.24) is 14.9 Å². The fraction of sp³-hybridized carbons (Fsp3) is 0.368. The zero-order valence-electron chi connectivity index (χ0n) is 16.6. The van der Waals surface area contributed by atoms with Gasteiger partial charge in [0.15, 0.2) is 5.82 Å². The molecule has 0 radical (unpaired) electrons. The van der Waals surface area contributed by atoms with Gasteiger partial charge >= 0.3 is 0 Å².